The number of nitrogens with zero attached hydrogens (tertiary/aromatic N) is 1. The van der Waals surface area contributed by atoms with Crippen LogP contribution < -0.4 is 5.32 Å². The van der Waals surface area contributed by atoms with Crippen molar-refractivity contribution in [1.29, 1.82) is 0 Å². The summed E-state index contributed by atoms with van der Waals surface area (Å²) in [4.78, 5) is 14.5. The van der Waals surface area contributed by atoms with E-state index in [0.717, 1.165) is 58.6 Å². The second-order valence-electron chi connectivity index (χ2n) is 7.76. The highest BCUT2D eigenvalue weighted by atomic mass is 16.5. The van der Waals surface area contributed by atoms with Crippen molar-refractivity contribution in [2.75, 3.05) is 32.9 Å². The molecule has 24 heavy (non-hydrogen) atoms. The fourth-order valence-electron chi connectivity index (χ4n) is 4.35. The number of nitrogens with one attached hydrogen (secondary N) is 1. The molecule has 3 aliphatic rings. The molecule has 5 nitrogen and oxygen atoms in total. The molecule has 0 radical (unpaired) electrons. The highest BCUT2D eigenvalue weighted by Gasteiger charge is 2.29. The van der Waals surface area contributed by atoms with Gasteiger partial charge in [0.2, 0.25) is 0 Å². The van der Waals surface area contributed by atoms with Gasteiger partial charge in [-0.25, -0.2) is 4.79 Å². The number of amides is 2. The molecule has 0 unspecified atom stereocenters. The summed E-state index contributed by atoms with van der Waals surface area (Å²) in [5.41, 5.74) is 0. The van der Waals surface area contributed by atoms with Crippen molar-refractivity contribution in [1.82, 2.24) is 10.2 Å². The number of urea groups is 1. The predicted octanol–water partition coefficient (Wildman–Crippen LogP) is 3.18. The minimum atomic E-state index is 0.142. The topological polar surface area (TPSA) is 50.8 Å². The molecule has 3 rings (SSSR count). The van der Waals surface area contributed by atoms with Crippen LogP contribution in [0.4, 0.5) is 4.79 Å². The highest BCUT2D eigenvalue weighted by molar-refractivity contribution is 5.74. The van der Waals surface area contributed by atoms with E-state index in [9.17, 15) is 4.79 Å². The number of rotatable bonds is 5. The lowest BCUT2D eigenvalue weighted by atomic mass is 9.83. The second kappa shape index (κ2) is 9.04. The van der Waals surface area contributed by atoms with Crippen LogP contribution in [0.25, 0.3) is 0 Å². The summed E-state index contributed by atoms with van der Waals surface area (Å²) in [6.45, 7) is 6.43. The van der Waals surface area contributed by atoms with E-state index in [0.29, 0.717) is 24.0 Å². The van der Waals surface area contributed by atoms with Gasteiger partial charge in [0, 0.05) is 31.7 Å². The van der Waals surface area contributed by atoms with E-state index in [1.54, 1.807) is 0 Å². The van der Waals surface area contributed by atoms with Gasteiger partial charge < -0.3 is 19.7 Å². The van der Waals surface area contributed by atoms with Gasteiger partial charge in [0.05, 0.1) is 19.3 Å². The average Bonchev–Trinajstić information content (AvgIpc) is 3.14. The van der Waals surface area contributed by atoms with E-state index in [1.165, 1.54) is 25.7 Å². The van der Waals surface area contributed by atoms with Gasteiger partial charge in [-0.3, -0.25) is 0 Å². The monoisotopic (exact) mass is 338 g/mol. The number of likely N-dealkylation sites (tertiary alicyclic amines) is 1. The van der Waals surface area contributed by atoms with Gasteiger partial charge in [-0.1, -0.05) is 26.2 Å². The van der Waals surface area contributed by atoms with Crippen LogP contribution in [-0.2, 0) is 9.47 Å². The SMILES string of the molecule is CC[C@@H]1CCCC[C@@H]1NC(=O)N1CCC(OC[C@@H]2CCOC2)CC1. The smallest absolute Gasteiger partial charge is 0.317 e. The van der Waals surface area contributed by atoms with Crippen LogP contribution in [0.1, 0.15) is 58.3 Å². The van der Waals surface area contributed by atoms with Crippen LogP contribution >= 0.6 is 0 Å². The van der Waals surface area contributed by atoms with Crippen LogP contribution in [0.3, 0.4) is 0 Å². The maximum absolute atomic E-state index is 12.6. The molecule has 2 amide bonds. The quantitative estimate of drug-likeness (QED) is 0.837. The molecule has 1 aliphatic carbocycles. The van der Waals surface area contributed by atoms with E-state index in [1.807, 2.05) is 4.90 Å². The molecule has 2 heterocycles. The Bertz CT molecular complexity index is 390. The van der Waals surface area contributed by atoms with Gasteiger partial charge in [0.15, 0.2) is 0 Å². The van der Waals surface area contributed by atoms with E-state index >= 15 is 0 Å². The van der Waals surface area contributed by atoms with Crippen LogP contribution in [0.5, 0.6) is 0 Å². The van der Waals surface area contributed by atoms with Crippen LogP contribution in [-0.4, -0.2) is 56.0 Å². The molecule has 0 bridgehead atoms. The number of hydrogen-bond acceptors (Lipinski definition) is 3. The Morgan fingerprint density at radius 2 is 1.96 bits per heavy atom. The third kappa shape index (κ3) is 4.85. The molecule has 3 atom stereocenters. The molecule has 5 heteroatoms. The molecule has 138 valence electrons. The summed E-state index contributed by atoms with van der Waals surface area (Å²) in [6.07, 6.45) is 9.52. The first-order valence-corrected chi connectivity index (χ1v) is 10.0. The van der Waals surface area contributed by atoms with Gasteiger partial charge in [-0.05, 0) is 38.0 Å². The maximum Gasteiger partial charge on any atom is 0.317 e. The fraction of sp³-hybridized carbons (Fsp3) is 0.947. The first-order valence-electron chi connectivity index (χ1n) is 10.0. The molecular formula is C19H34N2O3. The third-order valence-electron chi connectivity index (χ3n) is 6.06. The van der Waals surface area contributed by atoms with Gasteiger partial charge >= 0.3 is 6.03 Å². The molecule has 1 N–H and O–H groups in total. The molecule has 0 aromatic heterocycles. The summed E-state index contributed by atoms with van der Waals surface area (Å²) in [7, 11) is 0. The predicted molar refractivity (Wildman–Crippen MR) is 94.0 cm³/mol. The number of carbonyl (C=O) groups is 1. The summed E-state index contributed by atoms with van der Waals surface area (Å²) in [5.74, 6) is 1.24. The van der Waals surface area contributed by atoms with E-state index in [-0.39, 0.29) is 6.03 Å². The number of piperidine rings is 1. The largest absolute Gasteiger partial charge is 0.381 e. The Labute approximate surface area is 146 Å². The third-order valence-corrected chi connectivity index (χ3v) is 6.06. The maximum atomic E-state index is 12.6. The van der Waals surface area contributed by atoms with E-state index in [2.05, 4.69) is 12.2 Å². The molecule has 0 aromatic rings. The van der Waals surface area contributed by atoms with Crippen molar-refractivity contribution in [3.8, 4) is 0 Å². The number of carbonyl (C=O) groups excluding carboxylic acids is 1. The summed E-state index contributed by atoms with van der Waals surface area (Å²) in [5, 5.41) is 3.31. The van der Waals surface area contributed by atoms with Crippen molar-refractivity contribution >= 4 is 6.03 Å². The Morgan fingerprint density at radius 1 is 1.17 bits per heavy atom. The van der Waals surface area contributed by atoms with E-state index in [4.69, 9.17) is 9.47 Å². The van der Waals surface area contributed by atoms with Crippen LogP contribution in [0.15, 0.2) is 0 Å². The number of hydrogen-bond donors (Lipinski definition) is 1. The van der Waals surface area contributed by atoms with Crippen molar-refractivity contribution in [3.63, 3.8) is 0 Å². The highest BCUT2D eigenvalue weighted by Crippen LogP contribution is 2.27. The second-order valence-corrected chi connectivity index (χ2v) is 7.76. The molecule has 1 saturated carbocycles. The van der Waals surface area contributed by atoms with Crippen molar-refractivity contribution < 1.29 is 14.3 Å². The average molecular weight is 338 g/mol. The van der Waals surface area contributed by atoms with E-state index < -0.39 is 0 Å². The summed E-state index contributed by atoms with van der Waals surface area (Å²) >= 11 is 0. The molecule has 3 fully saturated rings. The zero-order chi connectivity index (χ0) is 16.8. The zero-order valence-corrected chi connectivity index (χ0v) is 15.2. The van der Waals surface area contributed by atoms with Gasteiger partial charge in [0.25, 0.3) is 0 Å². The Kier molecular flexibility index (Phi) is 6.78. The number of ether oxygens (including phenoxy) is 2. The molecule has 2 aliphatic heterocycles. The van der Waals surface area contributed by atoms with Crippen LogP contribution in [0, 0.1) is 11.8 Å². The lowest BCUT2D eigenvalue weighted by Crippen LogP contribution is -2.51. The Hall–Kier alpha value is -0.810. The van der Waals surface area contributed by atoms with Crippen molar-refractivity contribution in [2.24, 2.45) is 11.8 Å². The minimum Gasteiger partial charge on any atom is -0.381 e. The molecule has 0 spiro atoms. The normalized spacial score (nSPS) is 32.0. The Morgan fingerprint density at radius 3 is 2.67 bits per heavy atom. The molecule has 0 aromatic carbocycles. The van der Waals surface area contributed by atoms with Crippen molar-refractivity contribution in [2.45, 2.75) is 70.4 Å². The standard InChI is InChI=1S/C19H34N2O3/c1-2-16-5-3-4-6-18(16)20-19(22)21-10-7-17(8-11-21)24-14-15-9-12-23-13-15/h15-18H,2-14H2,1H3,(H,20,22)/t15-,16-,18+/m1/s1. The lowest BCUT2D eigenvalue weighted by molar-refractivity contribution is -0.00463. The first-order chi connectivity index (χ1) is 11.8. The lowest BCUT2D eigenvalue weighted by Gasteiger charge is -2.36. The molecular weight excluding hydrogens is 304 g/mol. The van der Waals surface area contributed by atoms with Crippen molar-refractivity contribution in [3.05, 3.63) is 0 Å². The van der Waals surface area contributed by atoms with Gasteiger partial charge in [-0.2, -0.15) is 0 Å². The first kappa shape index (κ1) is 18.0. The van der Waals surface area contributed by atoms with Crippen LogP contribution in [0.2, 0.25) is 0 Å². The van der Waals surface area contributed by atoms with Gasteiger partial charge in [0.1, 0.15) is 0 Å². The minimum absolute atomic E-state index is 0.142. The fourth-order valence-corrected chi connectivity index (χ4v) is 4.35. The summed E-state index contributed by atoms with van der Waals surface area (Å²) in [6, 6.07) is 0.524. The van der Waals surface area contributed by atoms with Gasteiger partial charge in [-0.15, -0.1) is 0 Å². The Balaban J connectivity index is 1.36. The summed E-state index contributed by atoms with van der Waals surface area (Å²) < 4.78 is 11.4. The molecule has 2 saturated heterocycles. The zero-order valence-electron chi connectivity index (χ0n) is 15.2.